The number of thiazole rings is 1. The van der Waals surface area contributed by atoms with E-state index in [0.29, 0.717) is 21.9 Å². The third-order valence-electron chi connectivity index (χ3n) is 4.62. The molecule has 4 rings (SSSR count). The van der Waals surface area contributed by atoms with Gasteiger partial charge in [0.2, 0.25) is 0 Å². The van der Waals surface area contributed by atoms with E-state index in [4.69, 9.17) is 4.74 Å². The van der Waals surface area contributed by atoms with Crippen molar-refractivity contribution in [1.29, 1.82) is 0 Å². The van der Waals surface area contributed by atoms with Crippen molar-refractivity contribution in [1.82, 2.24) is 9.38 Å². The van der Waals surface area contributed by atoms with Gasteiger partial charge in [-0.15, -0.1) is 11.3 Å². The summed E-state index contributed by atoms with van der Waals surface area (Å²) in [7, 11) is 0. The number of hydrogen-bond donors (Lipinski definition) is 1. The van der Waals surface area contributed by atoms with E-state index in [-0.39, 0.29) is 23.6 Å². The number of fused-ring (bicyclic) bond motifs is 1. The minimum atomic E-state index is -0.573. The van der Waals surface area contributed by atoms with Gasteiger partial charge in [-0.3, -0.25) is 14.0 Å². The number of carbonyl (C=O) groups is 2. The van der Waals surface area contributed by atoms with Crippen LogP contribution in [0.15, 0.2) is 64.8 Å². The molecule has 2 heterocycles. The van der Waals surface area contributed by atoms with E-state index in [1.54, 1.807) is 36.4 Å². The Balaban J connectivity index is 1.45. The number of benzene rings is 2. The van der Waals surface area contributed by atoms with Gasteiger partial charge in [-0.05, 0) is 44.2 Å². The van der Waals surface area contributed by atoms with Crippen molar-refractivity contribution < 1.29 is 14.3 Å². The number of carbonyl (C=O) groups excluding carboxylic acids is 2. The Kier molecular flexibility index (Phi) is 5.64. The normalized spacial score (nSPS) is 10.8. The van der Waals surface area contributed by atoms with Crippen molar-refractivity contribution in [2.24, 2.45) is 0 Å². The second kappa shape index (κ2) is 8.53. The van der Waals surface area contributed by atoms with Gasteiger partial charge >= 0.3 is 5.97 Å². The number of hydrogen-bond acceptors (Lipinski definition) is 6. The summed E-state index contributed by atoms with van der Waals surface area (Å²) in [4.78, 5) is 42.1. The van der Waals surface area contributed by atoms with E-state index in [9.17, 15) is 14.4 Å². The first-order valence-electron chi connectivity index (χ1n) is 9.53. The standard InChI is InChI=1S/C23H19N3O4S/c1-14-5-3-6-16(9-14)21(28)24-18-8-4-7-17(10-18)22(29)30-12-19-11-20(27)26-15(2)13-31-23(26)25-19/h3-11,13H,12H2,1-2H3,(H,24,28). The second-order valence-electron chi connectivity index (χ2n) is 7.06. The Bertz CT molecular complexity index is 1360. The van der Waals surface area contributed by atoms with Crippen molar-refractivity contribution in [3.05, 3.63) is 98.4 Å². The Morgan fingerprint density at radius 1 is 1.06 bits per heavy atom. The summed E-state index contributed by atoms with van der Waals surface area (Å²) in [5.74, 6) is -0.838. The zero-order valence-corrected chi connectivity index (χ0v) is 17.7. The predicted octanol–water partition coefficient (Wildman–Crippen LogP) is 3.98. The molecule has 0 atom stereocenters. The molecule has 2 aromatic carbocycles. The number of aromatic nitrogens is 2. The minimum absolute atomic E-state index is 0.124. The highest BCUT2D eigenvalue weighted by Gasteiger charge is 2.12. The lowest BCUT2D eigenvalue weighted by Crippen LogP contribution is -2.16. The minimum Gasteiger partial charge on any atom is -0.456 e. The van der Waals surface area contributed by atoms with Gasteiger partial charge in [-0.25, -0.2) is 9.78 Å². The zero-order valence-electron chi connectivity index (χ0n) is 16.9. The fourth-order valence-electron chi connectivity index (χ4n) is 3.11. The molecule has 1 amide bonds. The van der Waals surface area contributed by atoms with Crippen LogP contribution >= 0.6 is 11.3 Å². The summed E-state index contributed by atoms with van der Waals surface area (Å²) in [6.45, 7) is 3.62. The Labute approximate surface area is 182 Å². The fourth-order valence-corrected chi connectivity index (χ4v) is 4.00. The number of nitrogens with one attached hydrogen (secondary N) is 1. The van der Waals surface area contributed by atoms with Crippen molar-refractivity contribution in [3.8, 4) is 0 Å². The van der Waals surface area contributed by atoms with E-state index in [0.717, 1.165) is 11.3 Å². The number of ether oxygens (including phenoxy) is 1. The lowest BCUT2D eigenvalue weighted by Gasteiger charge is -2.08. The molecule has 0 radical (unpaired) electrons. The number of anilines is 1. The van der Waals surface area contributed by atoms with Crippen LogP contribution < -0.4 is 10.9 Å². The van der Waals surface area contributed by atoms with E-state index in [1.165, 1.54) is 21.8 Å². The van der Waals surface area contributed by atoms with Gasteiger partial charge in [0, 0.05) is 28.4 Å². The number of nitrogens with zero attached hydrogens (tertiary/aromatic N) is 2. The third kappa shape index (κ3) is 4.54. The molecule has 7 nitrogen and oxygen atoms in total. The maximum Gasteiger partial charge on any atom is 0.338 e. The van der Waals surface area contributed by atoms with Gasteiger partial charge < -0.3 is 10.1 Å². The topological polar surface area (TPSA) is 89.8 Å². The average molecular weight is 433 g/mol. The highest BCUT2D eigenvalue weighted by Crippen LogP contribution is 2.15. The van der Waals surface area contributed by atoms with E-state index < -0.39 is 5.97 Å². The first-order chi connectivity index (χ1) is 14.9. The molecule has 4 aromatic rings. The fraction of sp³-hybridized carbons (Fsp3) is 0.130. The van der Waals surface area contributed by atoms with Gasteiger partial charge in [0.25, 0.3) is 11.5 Å². The molecule has 0 aliphatic heterocycles. The Morgan fingerprint density at radius 2 is 1.84 bits per heavy atom. The number of esters is 1. The van der Waals surface area contributed by atoms with Crippen molar-refractivity contribution in [3.63, 3.8) is 0 Å². The molecule has 31 heavy (non-hydrogen) atoms. The summed E-state index contributed by atoms with van der Waals surface area (Å²) < 4.78 is 6.84. The monoisotopic (exact) mass is 433 g/mol. The van der Waals surface area contributed by atoms with Crippen LogP contribution in [0.4, 0.5) is 5.69 Å². The van der Waals surface area contributed by atoms with Gasteiger partial charge in [-0.1, -0.05) is 23.8 Å². The number of rotatable bonds is 5. The van der Waals surface area contributed by atoms with Crippen molar-refractivity contribution in [2.45, 2.75) is 20.5 Å². The molecule has 0 spiro atoms. The van der Waals surface area contributed by atoms with Crippen LogP contribution in [0, 0.1) is 13.8 Å². The van der Waals surface area contributed by atoms with Crippen LogP contribution in [-0.4, -0.2) is 21.3 Å². The highest BCUT2D eigenvalue weighted by atomic mass is 32.1. The lowest BCUT2D eigenvalue weighted by molar-refractivity contribution is 0.0467. The van der Waals surface area contributed by atoms with E-state index in [2.05, 4.69) is 10.3 Å². The molecular weight excluding hydrogens is 414 g/mol. The Morgan fingerprint density at radius 3 is 2.65 bits per heavy atom. The van der Waals surface area contributed by atoms with Crippen LogP contribution in [0.5, 0.6) is 0 Å². The molecule has 2 aromatic heterocycles. The van der Waals surface area contributed by atoms with Crippen LogP contribution in [0.1, 0.15) is 37.7 Å². The van der Waals surface area contributed by atoms with E-state index in [1.807, 2.05) is 31.4 Å². The molecule has 8 heteroatoms. The van der Waals surface area contributed by atoms with Gasteiger partial charge in [0.1, 0.15) is 6.61 Å². The summed E-state index contributed by atoms with van der Waals surface area (Å²) in [5, 5.41) is 4.63. The predicted molar refractivity (Wildman–Crippen MR) is 119 cm³/mol. The molecule has 0 bridgehead atoms. The van der Waals surface area contributed by atoms with E-state index >= 15 is 0 Å². The first kappa shape index (κ1) is 20.5. The summed E-state index contributed by atoms with van der Waals surface area (Å²) in [5.41, 5.74) is 3.25. The third-order valence-corrected chi connectivity index (χ3v) is 5.56. The highest BCUT2D eigenvalue weighted by molar-refractivity contribution is 7.15. The molecular formula is C23H19N3O4S. The SMILES string of the molecule is Cc1cccc(C(=O)Nc2cccc(C(=O)OCc3cc(=O)n4c(C)csc4n3)c2)c1. The maximum atomic E-state index is 12.5. The van der Waals surface area contributed by atoms with Crippen molar-refractivity contribution in [2.75, 3.05) is 5.32 Å². The molecule has 1 N–H and O–H groups in total. The van der Waals surface area contributed by atoms with Gasteiger partial charge in [0.05, 0.1) is 11.3 Å². The second-order valence-corrected chi connectivity index (χ2v) is 7.90. The molecule has 0 fully saturated rings. The molecule has 156 valence electrons. The molecule has 0 unspecified atom stereocenters. The quantitative estimate of drug-likeness (QED) is 0.481. The van der Waals surface area contributed by atoms with Gasteiger partial charge in [0.15, 0.2) is 4.96 Å². The molecule has 0 aliphatic carbocycles. The van der Waals surface area contributed by atoms with Crippen molar-refractivity contribution >= 4 is 33.9 Å². The molecule has 0 saturated carbocycles. The lowest BCUT2D eigenvalue weighted by atomic mass is 10.1. The average Bonchev–Trinajstić information content (AvgIpc) is 3.13. The first-order valence-corrected chi connectivity index (χ1v) is 10.4. The summed E-state index contributed by atoms with van der Waals surface area (Å²) in [6, 6.07) is 15.1. The van der Waals surface area contributed by atoms with Crippen LogP contribution in [0.3, 0.4) is 0 Å². The van der Waals surface area contributed by atoms with Crippen LogP contribution in [0.2, 0.25) is 0 Å². The number of aryl methyl sites for hydroxylation is 2. The molecule has 0 saturated heterocycles. The van der Waals surface area contributed by atoms with Gasteiger partial charge in [-0.2, -0.15) is 0 Å². The Hall–Kier alpha value is -3.78. The van der Waals surface area contributed by atoms with Crippen LogP contribution in [-0.2, 0) is 11.3 Å². The van der Waals surface area contributed by atoms with Crippen LogP contribution in [0.25, 0.3) is 4.96 Å². The summed E-state index contributed by atoms with van der Waals surface area (Å²) >= 11 is 1.35. The zero-order chi connectivity index (χ0) is 22.0. The number of amides is 1. The largest absolute Gasteiger partial charge is 0.456 e. The maximum absolute atomic E-state index is 12.5. The smallest absolute Gasteiger partial charge is 0.338 e. The molecule has 0 aliphatic rings. The summed E-state index contributed by atoms with van der Waals surface area (Å²) in [6.07, 6.45) is 0.